The molecule has 0 bridgehead atoms. The van der Waals surface area contributed by atoms with Crippen molar-refractivity contribution in [1.82, 2.24) is 9.29 Å². The second kappa shape index (κ2) is 8.81. The van der Waals surface area contributed by atoms with Gasteiger partial charge in [0.1, 0.15) is 0 Å². The lowest BCUT2D eigenvalue weighted by Gasteiger charge is -2.07. The Bertz CT molecular complexity index is 893. The number of amides is 1. The first-order chi connectivity index (χ1) is 11.8. The summed E-state index contributed by atoms with van der Waals surface area (Å²) in [5.41, 5.74) is 5.90. The van der Waals surface area contributed by atoms with Gasteiger partial charge in [-0.25, -0.2) is 13.9 Å². The van der Waals surface area contributed by atoms with Crippen molar-refractivity contribution in [3.05, 3.63) is 47.8 Å². The molecule has 0 spiro atoms. The van der Waals surface area contributed by atoms with Crippen LogP contribution < -0.4 is 16.2 Å². The molecule has 2 rings (SSSR count). The number of carbonyl (C=O) groups excluding carboxylic acids is 1. The van der Waals surface area contributed by atoms with Crippen molar-refractivity contribution in [1.29, 1.82) is 0 Å². The van der Waals surface area contributed by atoms with Crippen LogP contribution in [0.25, 0.3) is 11.1 Å². The van der Waals surface area contributed by atoms with E-state index in [0.29, 0.717) is 34.6 Å². The van der Waals surface area contributed by atoms with Gasteiger partial charge in [-0.15, -0.1) is 12.4 Å². The first-order valence-corrected chi connectivity index (χ1v) is 8.82. The van der Waals surface area contributed by atoms with Crippen LogP contribution in [-0.2, 0) is 10.2 Å². The van der Waals surface area contributed by atoms with Gasteiger partial charge >= 0.3 is 16.2 Å². The summed E-state index contributed by atoms with van der Waals surface area (Å²) < 4.78 is 23.5. The van der Waals surface area contributed by atoms with Gasteiger partial charge in [-0.1, -0.05) is 12.1 Å². The van der Waals surface area contributed by atoms with Gasteiger partial charge in [0.2, 0.25) is 0 Å². The molecule has 1 amide bonds. The number of nitrogens with two attached hydrogens (primary N) is 2. The lowest BCUT2D eigenvalue weighted by Crippen LogP contribution is -2.25. The molecule has 0 atom stereocenters. The second-order valence-electron chi connectivity index (χ2n) is 5.20. The van der Waals surface area contributed by atoms with Gasteiger partial charge in [0.05, 0.1) is 0 Å². The molecule has 0 aliphatic heterocycles. The fraction of sp³-hybridized carbons (Fsp3) is 0.200. The van der Waals surface area contributed by atoms with E-state index in [0.717, 1.165) is 6.20 Å². The number of benzene rings is 1. The minimum absolute atomic E-state index is 0. The van der Waals surface area contributed by atoms with Crippen molar-refractivity contribution in [2.45, 2.75) is 6.42 Å². The van der Waals surface area contributed by atoms with E-state index in [9.17, 15) is 23.1 Å². The molecule has 2 aromatic rings. The van der Waals surface area contributed by atoms with Crippen LogP contribution in [0, 0.1) is 0 Å². The fourth-order valence-electron chi connectivity index (χ4n) is 2.28. The van der Waals surface area contributed by atoms with E-state index >= 15 is 0 Å². The first-order valence-electron chi connectivity index (χ1n) is 7.32. The number of nitrogens with one attached hydrogen (secondary N) is 1. The average molecular weight is 403 g/mol. The summed E-state index contributed by atoms with van der Waals surface area (Å²) in [6.07, 6.45) is 1.73. The zero-order valence-corrected chi connectivity index (χ0v) is 15.2. The number of aromatic nitrogens is 1. The van der Waals surface area contributed by atoms with Crippen LogP contribution in [0.2, 0.25) is 0 Å². The molecule has 0 fully saturated rings. The Labute approximate surface area is 156 Å². The third kappa shape index (κ3) is 4.82. The zero-order valence-electron chi connectivity index (χ0n) is 13.6. The zero-order chi connectivity index (χ0) is 18.6. The molecular formula is C15H19ClN4O5S. The van der Waals surface area contributed by atoms with Crippen molar-refractivity contribution >= 4 is 34.5 Å². The number of carboxylic acids is 1. The fourth-order valence-corrected chi connectivity index (χ4v) is 2.94. The minimum Gasteiger partial charge on any atom is -0.477 e. The molecule has 0 aliphatic rings. The van der Waals surface area contributed by atoms with Crippen molar-refractivity contribution in [2.75, 3.05) is 13.1 Å². The van der Waals surface area contributed by atoms with Gasteiger partial charge in [-0.3, -0.25) is 4.79 Å². The van der Waals surface area contributed by atoms with E-state index in [2.05, 4.69) is 5.32 Å². The SMILES string of the molecule is Cl.NCCCNC(=O)c1ccc(-c2ccn(S(N)(=O)=O)c2C(=O)O)cc1. The Morgan fingerprint density at radius 3 is 2.27 bits per heavy atom. The first kappa shape index (κ1) is 21.6. The minimum atomic E-state index is -4.24. The predicted octanol–water partition coefficient (Wildman–Crippen LogP) is 0.405. The van der Waals surface area contributed by atoms with Crippen LogP contribution in [0.5, 0.6) is 0 Å². The highest BCUT2D eigenvalue weighted by molar-refractivity contribution is 7.87. The van der Waals surface area contributed by atoms with Crippen molar-refractivity contribution < 1.29 is 23.1 Å². The van der Waals surface area contributed by atoms with Crippen LogP contribution in [0.3, 0.4) is 0 Å². The Morgan fingerprint density at radius 2 is 1.77 bits per heavy atom. The van der Waals surface area contributed by atoms with Crippen molar-refractivity contribution in [3.63, 3.8) is 0 Å². The lowest BCUT2D eigenvalue weighted by molar-refractivity contribution is 0.0690. The standard InChI is InChI=1S/C15H18N4O5S.ClH/c16-7-1-8-18-14(20)11-4-2-10(3-5-11)12-6-9-19(25(17,23)24)13(12)15(21)22;/h2-6,9H,1,7-8,16H2,(H,18,20)(H,21,22)(H2,17,23,24);1H. The molecule has 1 aromatic carbocycles. The topological polar surface area (TPSA) is 158 Å². The van der Waals surface area contributed by atoms with Crippen LogP contribution in [0.4, 0.5) is 0 Å². The van der Waals surface area contributed by atoms with E-state index in [1.807, 2.05) is 0 Å². The second-order valence-corrected chi connectivity index (χ2v) is 6.62. The maximum Gasteiger partial charge on any atom is 0.354 e. The number of hydrogen-bond donors (Lipinski definition) is 4. The molecule has 0 saturated heterocycles. The van der Waals surface area contributed by atoms with Gasteiger partial charge in [-0.05, 0) is 36.7 Å². The van der Waals surface area contributed by atoms with Gasteiger partial charge < -0.3 is 16.2 Å². The number of halogens is 1. The molecule has 142 valence electrons. The molecule has 9 nitrogen and oxygen atoms in total. The molecule has 0 aliphatic carbocycles. The Hall–Kier alpha value is -2.40. The summed E-state index contributed by atoms with van der Waals surface area (Å²) in [5.74, 6) is -1.71. The number of nitrogens with zero attached hydrogens (tertiary/aromatic N) is 1. The highest BCUT2D eigenvalue weighted by Crippen LogP contribution is 2.26. The Kier molecular flexibility index (Phi) is 7.33. The van der Waals surface area contributed by atoms with Gasteiger partial charge in [0.25, 0.3) is 5.91 Å². The third-order valence-electron chi connectivity index (χ3n) is 3.45. The number of hydrogen-bond acceptors (Lipinski definition) is 5. The van der Waals surface area contributed by atoms with Crippen LogP contribution >= 0.6 is 12.4 Å². The molecule has 26 heavy (non-hydrogen) atoms. The average Bonchev–Trinajstić information content (AvgIpc) is 3.00. The van der Waals surface area contributed by atoms with Crippen molar-refractivity contribution in [3.8, 4) is 11.1 Å². The van der Waals surface area contributed by atoms with E-state index in [-0.39, 0.29) is 23.9 Å². The number of carboxylic acid groups (broad SMARTS) is 1. The molecule has 11 heteroatoms. The summed E-state index contributed by atoms with van der Waals surface area (Å²) >= 11 is 0. The Morgan fingerprint density at radius 1 is 1.15 bits per heavy atom. The molecule has 0 radical (unpaired) electrons. The lowest BCUT2D eigenvalue weighted by atomic mass is 10.0. The molecule has 0 unspecified atom stereocenters. The van der Waals surface area contributed by atoms with E-state index in [1.54, 1.807) is 0 Å². The summed E-state index contributed by atoms with van der Waals surface area (Å²) in [7, 11) is -4.24. The Balaban J connectivity index is 0.00000338. The maximum absolute atomic E-state index is 11.9. The number of carbonyl (C=O) groups is 2. The molecule has 1 aromatic heterocycles. The van der Waals surface area contributed by atoms with E-state index < -0.39 is 21.9 Å². The highest BCUT2D eigenvalue weighted by Gasteiger charge is 2.22. The quantitative estimate of drug-likeness (QED) is 0.491. The highest BCUT2D eigenvalue weighted by atomic mass is 35.5. The number of aromatic carboxylic acids is 1. The summed E-state index contributed by atoms with van der Waals surface area (Å²) in [5, 5.41) is 17.0. The summed E-state index contributed by atoms with van der Waals surface area (Å²) in [4.78, 5) is 23.4. The molecule has 6 N–H and O–H groups in total. The smallest absolute Gasteiger partial charge is 0.354 e. The molecule has 1 heterocycles. The summed E-state index contributed by atoms with van der Waals surface area (Å²) in [6, 6.07) is 7.45. The third-order valence-corrected chi connectivity index (χ3v) is 4.31. The summed E-state index contributed by atoms with van der Waals surface area (Å²) in [6.45, 7) is 0.926. The van der Waals surface area contributed by atoms with E-state index in [4.69, 9.17) is 10.9 Å². The molecule has 0 saturated carbocycles. The van der Waals surface area contributed by atoms with Crippen molar-refractivity contribution in [2.24, 2.45) is 10.9 Å². The largest absolute Gasteiger partial charge is 0.477 e. The number of rotatable bonds is 7. The van der Waals surface area contributed by atoms with Crippen LogP contribution in [0.15, 0.2) is 36.5 Å². The monoisotopic (exact) mass is 402 g/mol. The maximum atomic E-state index is 11.9. The van der Waals surface area contributed by atoms with Gasteiger partial charge in [0, 0.05) is 23.9 Å². The van der Waals surface area contributed by atoms with Crippen LogP contribution in [-0.4, -0.2) is 42.5 Å². The van der Waals surface area contributed by atoms with Gasteiger partial charge in [-0.2, -0.15) is 8.42 Å². The van der Waals surface area contributed by atoms with Gasteiger partial charge in [0.15, 0.2) is 5.69 Å². The molecular weight excluding hydrogens is 384 g/mol. The van der Waals surface area contributed by atoms with Crippen LogP contribution in [0.1, 0.15) is 27.3 Å². The predicted molar refractivity (Wildman–Crippen MR) is 98.6 cm³/mol. The van der Waals surface area contributed by atoms with E-state index in [1.165, 1.54) is 30.3 Å². The normalized spacial score (nSPS) is 10.8.